The van der Waals surface area contributed by atoms with Crippen LogP contribution in [-0.2, 0) is 20.4 Å². The third kappa shape index (κ3) is 4.13. The second-order valence-corrected chi connectivity index (χ2v) is 6.20. The van der Waals surface area contributed by atoms with Crippen molar-refractivity contribution in [2.24, 2.45) is 0 Å². The maximum atomic E-state index is 11.6. The molecule has 0 aromatic carbocycles. The molecule has 1 aromatic rings. The number of phosphoric ester groups is 1. The van der Waals surface area contributed by atoms with Crippen LogP contribution in [0.2, 0.25) is 0 Å². The van der Waals surface area contributed by atoms with Gasteiger partial charge in [0.2, 0.25) is 5.79 Å². The summed E-state index contributed by atoms with van der Waals surface area (Å²) in [7, 11) is -4.93. The quantitative estimate of drug-likeness (QED) is 0.288. The molecule has 1 fully saturated rings. The number of aromatic amines is 1. The minimum atomic E-state index is -4.93. The van der Waals surface area contributed by atoms with Gasteiger partial charge < -0.3 is 29.8 Å². The molecule has 0 bridgehead atoms. The monoisotopic (exact) mass is 354 g/mol. The average molecular weight is 354 g/mol. The van der Waals surface area contributed by atoms with E-state index in [0.29, 0.717) is 0 Å². The number of H-pyrrole nitrogens is 1. The first-order valence-corrected chi connectivity index (χ1v) is 7.81. The highest BCUT2D eigenvalue weighted by Crippen LogP contribution is 2.39. The molecule has 2 heterocycles. The third-order valence-corrected chi connectivity index (χ3v) is 3.70. The number of ether oxygens (including phenoxy) is 1. The Bertz CT molecular complexity index is 725. The molecule has 0 aliphatic carbocycles. The Balaban J connectivity index is 2.14. The fourth-order valence-corrected chi connectivity index (χ4v) is 2.45. The van der Waals surface area contributed by atoms with Gasteiger partial charge in [-0.05, 0) is 0 Å². The number of hydrogen-bond donors (Lipinski definition) is 6. The van der Waals surface area contributed by atoms with Gasteiger partial charge in [0.05, 0.1) is 6.54 Å². The molecule has 130 valence electrons. The molecule has 1 saturated heterocycles. The Morgan fingerprint density at radius 2 is 2.04 bits per heavy atom. The molecular weight excluding hydrogens is 339 g/mol. The van der Waals surface area contributed by atoms with Crippen LogP contribution >= 0.6 is 7.82 Å². The summed E-state index contributed by atoms with van der Waals surface area (Å²) in [5.74, 6) is -2.57. The molecule has 1 aliphatic rings. The van der Waals surface area contributed by atoms with Gasteiger partial charge in [0.15, 0.2) is 0 Å². The number of aliphatic hydroxyl groups is 3. The van der Waals surface area contributed by atoms with Crippen LogP contribution in [0.25, 0.3) is 0 Å². The Hall–Kier alpha value is -1.37. The van der Waals surface area contributed by atoms with Crippen molar-refractivity contribution in [2.45, 2.75) is 30.6 Å². The highest BCUT2D eigenvalue weighted by atomic mass is 31.2. The van der Waals surface area contributed by atoms with Crippen LogP contribution in [0.1, 0.15) is 0 Å². The summed E-state index contributed by atoms with van der Waals surface area (Å²) in [6, 6.07) is 1.04. The number of rotatable bonds is 5. The Kier molecular flexibility index (Phi) is 4.89. The van der Waals surface area contributed by atoms with Gasteiger partial charge in [-0.1, -0.05) is 0 Å². The number of nitrogens with one attached hydrogen (secondary N) is 1. The van der Waals surface area contributed by atoms with Crippen molar-refractivity contribution in [2.75, 3.05) is 6.61 Å². The molecule has 2 rings (SSSR count). The molecule has 0 radical (unpaired) electrons. The summed E-state index contributed by atoms with van der Waals surface area (Å²) in [5.41, 5.74) is -1.43. The fourth-order valence-electron chi connectivity index (χ4n) is 2.09. The van der Waals surface area contributed by atoms with E-state index >= 15 is 0 Å². The van der Waals surface area contributed by atoms with Crippen molar-refractivity contribution in [1.82, 2.24) is 9.55 Å². The van der Waals surface area contributed by atoms with Gasteiger partial charge in [0.25, 0.3) is 5.56 Å². The highest BCUT2D eigenvalue weighted by molar-refractivity contribution is 7.46. The lowest BCUT2D eigenvalue weighted by atomic mass is 10.1. The summed E-state index contributed by atoms with van der Waals surface area (Å²) >= 11 is 0. The van der Waals surface area contributed by atoms with Crippen LogP contribution in [0.3, 0.4) is 0 Å². The van der Waals surface area contributed by atoms with E-state index in [4.69, 9.17) is 14.5 Å². The SMILES string of the molecule is O=c1ccn(CC2OC(O)(COP(=O)(O)O)C(O)C2O)c(=O)[nH]1. The van der Waals surface area contributed by atoms with Gasteiger partial charge in [-0.3, -0.25) is 18.9 Å². The summed E-state index contributed by atoms with van der Waals surface area (Å²) < 4.78 is 20.7. The molecule has 13 heteroatoms. The zero-order valence-electron chi connectivity index (χ0n) is 11.5. The van der Waals surface area contributed by atoms with Crippen molar-refractivity contribution in [3.8, 4) is 0 Å². The lowest BCUT2D eigenvalue weighted by Gasteiger charge is -2.25. The minimum Gasteiger partial charge on any atom is -0.387 e. The molecule has 1 aliphatic heterocycles. The lowest BCUT2D eigenvalue weighted by Crippen LogP contribution is -2.46. The van der Waals surface area contributed by atoms with Crippen LogP contribution in [0.5, 0.6) is 0 Å². The smallest absolute Gasteiger partial charge is 0.387 e. The Labute approximate surface area is 127 Å². The first kappa shape index (κ1) is 18.0. The topological polar surface area (TPSA) is 192 Å². The molecule has 0 amide bonds. The fraction of sp³-hybridized carbons (Fsp3) is 0.600. The lowest BCUT2D eigenvalue weighted by molar-refractivity contribution is -0.244. The summed E-state index contributed by atoms with van der Waals surface area (Å²) in [5, 5.41) is 29.6. The largest absolute Gasteiger partial charge is 0.469 e. The molecule has 23 heavy (non-hydrogen) atoms. The van der Waals surface area contributed by atoms with E-state index < -0.39 is 49.8 Å². The average Bonchev–Trinajstić information content (AvgIpc) is 2.64. The number of aliphatic hydroxyl groups excluding tert-OH is 2. The summed E-state index contributed by atoms with van der Waals surface area (Å²) in [4.78, 5) is 41.7. The standard InChI is InChI=1S/C10H15N2O10P/c13-6-1-2-12(9(16)11-6)3-5-7(14)8(15)10(17,22-5)4-21-23(18,19)20/h1-2,5,7-8,14-15,17H,3-4H2,(H,11,13,16)(H2,18,19,20). The van der Waals surface area contributed by atoms with E-state index in [1.165, 1.54) is 0 Å². The summed E-state index contributed by atoms with van der Waals surface area (Å²) in [6.45, 7) is -1.45. The zero-order valence-corrected chi connectivity index (χ0v) is 12.4. The molecule has 0 spiro atoms. The maximum absolute atomic E-state index is 11.6. The predicted octanol–water partition coefficient (Wildman–Crippen LogP) is -3.54. The normalized spacial score (nSPS) is 31.4. The van der Waals surface area contributed by atoms with E-state index in [1.54, 1.807) is 0 Å². The maximum Gasteiger partial charge on any atom is 0.469 e. The van der Waals surface area contributed by atoms with Crippen LogP contribution in [0, 0.1) is 0 Å². The van der Waals surface area contributed by atoms with Crippen molar-refractivity contribution in [3.63, 3.8) is 0 Å². The van der Waals surface area contributed by atoms with Gasteiger partial charge in [0, 0.05) is 12.3 Å². The van der Waals surface area contributed by atoms with Gasteiger partial charge in [-0.25, -0.2) is 9.36 Å². The number of nitrogens with zero attached hydrogens (tertiary/aromatic N) is 1. The second kappa shape index (κ2) is 6.26. The van der Waals surface area contributed by atoms with Crippen LogP contribution in [0.4, 0.5) is 0 Å². The van der Waals surface area contributed by atoms with E-state index in [-0.39, 0.29) is 6.54 Å². The highest BCUT2D eigenvalue weighted by Gasteiger charge is 2.54. The van der Waals surface area contributed by atoms with Gasteiger partial charge in [0.1, 0.15) is 24.9 Å². The van der Waals surface area contributed by atoms with Crippen LogP contribution in [-0.4, -0.2) is 65.4 Å². The Morgan fingerprint density at radius 3 is 2.61 bits per heavy atom. The molecule has 4 unspecified atom stereocenters. The first-order chi connectivity index (χ1) is 10.5. The number of phosphoric acid groups is 1. The van der Waals surface area contributed by atoms with Crippen LogP contribution in [0.15, 0.2) is 21.9 Å². The van der Waals surface area contributed by atoms with Crippen molar-refractivity contribution in [3.05, 3.63) is 33.1 Å². The molecule has 0 saturated carbocycles. The number of hydrogen-bond acceptors (Lipinski definition) is 8. The Morgan fingerprint density at radius 1 is 1.39 bits per heavy atom. The predicted molar refractivity (Wildman–Crippen MR) is 71.2 cm³/mol. The zero-order chi connectivity index (χ0) is 17.4. The van der Waals surface area contributed by atoms with Crippen molar-refractivity contribution in [1.29, 1.82) is 0 Å². The van der Waals surface area contributed by atoms with E-state index in [1.807, 2.05) is 4.98 Å². The molecule has 6 N–H and O–H groups in total. The first-order valence-electron chi connectivity index (χ1n) is 6.28. The van der Waals surface area contributed by atoms with Gasteiger partial charge in [-0.2, -0.15) is 0 Å². The van der Waals surface area contributed by atoms with Crippen LogP contribution < -0.4 is 11.2 Å². The second-order valence-electron chi connectivity index (χ2n) is 4.96. The molecule has 12 nitrogen and oxygen atoms in total. The summed E-state index contributed by atoms with van der Waals surface area (Å²) in [6.07, 6.45) is -3.77. The molecule has 4 atom stereocenters. The van der Waals surface area contributed by atoms with Gasteiger partial charge in [-0.15, -0.1) is 0 Å². The van der Waals surface area contributed by atoms with Crippen molar-refractivity contribution >= 4 is 7.82 Å². The van der Waals surface area contributed by atoms with Crippen molar-refractivity contribution < 1.29 is 38.9 Å². The molecule has 1 aromatic heterocycles. The minimum absolute atomic E-state index is 0.341. The van der Waals surface area contributed by atoms with E-state index in [2.05, 4.69) is 4.52 Å². The third-order valence-electron chi connectivity index (χ3n) is 3.24. The number of aromatic nitrogens is 2. The van der Waals surface area contributed by atoms with E-state index in [9.17, 15) is 29.5 Å². The van der Waals surface area contributed by atoms with Gasteiger partial charge >= 0.3 is 13.5 Å². The molecular formula is C10H15N2O10P. The van der Waals surface area contributed by atoms with E-state index in [0.717, 1.165) is 16.8 Å².